The smallest absolute Gasteiger partial charge is 0.466 e. The van der Waals surface area contributed by atoms with Gasteiger partial charge in [0.2, 0.25) is 0 Å². The van der Waals surface area contributed by atoms with Crippen molar-refractivity contribution in [3.8, 4) is 0 Å². The predicted octanol–water partition coefficient (Wildman–Crippen LogP) is 3.44. The molecule has 0 fully saturated rings. The first kappa shape index (κ1) is 38.9. The highest BCUT2D eigenvalue weighted by molar-refractivity contribution is 7.45. The lowest BCUT2D eigenvalue weighted by Gasteiger charge is -2.22. The number of nitrogens with zero attached hydrogens (tertiary/aromatic N) is 1. The van der Waals surface area contributed by atoms with Crippen LogP contribution in [-0.4, -0.2) is 76.5 Å². The summed E-state index contributed by atoms with van der Waals surface area (Å²) in [7, 11) is -4.64. The number of hydrogen-bond acceptors (Lipinski definition) is 6. The van der Waals surface area contributed by atoms with Crippen LogP contribution in [0.5, 0.6) is 0 Å². The molecule has 0 heterocycles. The summed E-state index contributed by atoms with van der Waals surface area (Å²) in [5.41, 5.74) is 10.1. The van der Waals surface area contributed by atoms with Gasteiger partial charge < -0.3 is 41.5 Å². The maximum absolute atomic E-state index is 9.24. The van der Waals surface area contributed by atoms with Gasteiger partial charge in [-0.3, -0.25) is 4.79 Å². The third kappa shape index (κ3) is 51.1. The average Bonchev–Trinajstić information content (AvgIpc) is 2.79. The summed E-state index contributed by atoms with van der Waals surface area (Å²) in [4.78, 5) is 33.5. The molecule has 0 aliphatic rings. The number of carboxylic acids is 1. The number of carboxylic acid groups (broad SMARTS) is 1. The van der Waals surface area contributed by atoms with Gasteiger partial charge in [0.25, 0.3) is 0 Å². The summed E-state index contributed by atoms with van der Waals surface area (Å²) < 4.78 is 8.88. The van der Waals surface area contributed by atoms with Crippen LogP contribution in [0.4, 0.5) is 0 Å². The first-order valence-corrected chi connectivity index (χ1v) is 15.0. The van der Waals surface area contributed by atoms with Crippen LogP contribution >= 0.6 is 7.82 Å². The number of unbranched alkanes of at least 4 members (excludes halogenated alkanes) is 12. The van der Waals surface area contributed by atoms with Crippen LogP contribution in [0.25, 0.3) is 0 Å². The lowest BCUT2D eigenvalue weighted by molar-refractivity contribution is -0.135. The van der Waals surface area contributed by atoms with E-state index in [9.17, 15) is 4.79 Å². The van der Waals surface area contributed by atoms with E-state index in [2.05, 4.69) is 29.8 Å². The molecule has 0 rings (SSSR count). The van der Waals surface area contributed by atoms with Crippen molar-refractivity contribution < 1.29 is 29.1 Å². The normalized spacial score (nSPS) is 11.0. The van der Waals surface area contributed by atoms with Gasteiger partial charge in [-0.25, -0.2) is 4.57 Å². The van der Waals surface area contributed by atoms with Gasteiger partial charge in [0.15, 0.2) is 0 Å². The van der Waals surface area contributed by atoms with Gasteiger partial charge in [0, 0.05) is 26.2 Å². The molecule has 0 spiro atoms. The number of aliphatic carboxylic acids is 1. The molecule has 0 unspecified atom stereocenters. The molecule has 0 aromatic carbocycles. The number of carbonyl (C=O) groups is 1. The van der Waals surface area contributed by atoms with Crippen LogP contribution in [0.2, 0.25) is 0 Å². The van der Waals surface area contributed by atoms with Crippen LogP contribution in [-0.2, 0) is 9.36 Å². The summed E-state index contributed by atoms with van der Waals surface area (Å²) in [5.74, 6) is -0.968. The quantitative estimate of drug-likeness (QED) is 0.0811. The Kier molecular flexibility index (Phi) is 35.0. The molecule has 9 N–H and O–H groups in total. The molecule has 0 radical (unpaired) electrons. The molecule has 0 bridgehead atoms. The summed E-state index contributed by atoms with van der Waals surface area (Å²) in [6.45, 7) is 10.8. The van der Waals surface area contributed by atoms with Gasteiger partial charge in [-0.05, 0) is 25.9 Å². The SMILES string of the molecule is CCCCCCCCCN(CCCCCCCCC)CCNCCN.NCC(=O)O.O=P(O)(O)O. The maximum atomic E-state index is 9.24. The fraction of sp³-hybridized carbons (Fsp3) is 0.958. The highest BCUT2D eigenvalue weighted by Gasteiger charge is 2.04. The zero-order chi connectivity index (χ0) is 27.2. The Bertz CT molecular complexity index is 443. The molecule has 0 amide bonds. The zero-order valence-corrected chi connectivity index (χ0v) is 23.4. The zero-order valence-electron chi connectivity index (χ0n) is 22.5. The van der Waals surface area contributed by atoms with E-state index in [1.54, 1.807) is 0 Å². The van der Waals surface area contributed by atoms with Crippen molar-refractivity contribution in [2.45, 2.75) is 104 Å². The van der Waals surface area contributed by atoms with Gasteiger partial charge in [-0.1, -0.05) is 90.9 Å². The number of nitrogens with one attached hydrogen (secondary N) is 1. The van der Waals surface area contributed by atoms with Crippen molar-refractivity contribution in [3.63, 3.8) is 0 Å². The van der Waals surface area contributed by atoms with E-state index >= 15 is 0 Å². The first-order valence-electron chi connectivity index (χ1n) is 13.5. The van der Waals surface area contributed by atoms with Gasteiger partial charge in [-0.15, -0.1) is 0 Å². The van der Waals surface area contributed by atoms with E-state index in [0.29, 0.717) is 0 Å². The molecular weight excluding hydrogens is 471 g/mol. The number of phosphoric acid groups is 1. The summed E-state index contributed by atoms with van der Waals surface area (Å²) in [5, 5.41) is 11.0. The first-order chi connectivity index (χ1) is 16.6. The van der Waals surface area contributed by atoms with E-state index in [0.717, 1.165) is 19.6 Å². The van der Waals surface area contributed by atoms with Gasteiger partial charge in [0.1, 0.15) is 0 Å². The van der Waals surface area contributed by atoms with Crippen molar-refractivity contribution in [2.24, 2.45) is 11.5 Å². The molecular formula is C24H57N4O6P. The minimum Gasteiger partial charge on any atom is -0.480 e. The van der Waals surface area contributed by atoms with E-state index < -0.39 is 13.8 Å². The van der Waals surface area contributed by atoms with Gasteiger partial charge in [-0.2, -0.15) is 0 Å². The number of rotatable bonds is 22. The van der Waals surface area contributed by atoms with Crippen LogP contribution in [0.1, 0.15) is 104 Å². The Balaban J connectivity index is -0.000000853. The predicted molar refractivity (Wildman–Crippen MR) is 145 cm³/mol. The molecule has 35 heavy (non-hydrogen) atoms. The molecule has 10 nitrogen and oxygen atoms in total. The summed E-state index contributed by atoms with van der Waals surface area (Å²) >= 11 is 0. The van der Waals surface area contributed by atoms with Crippen LogP contribution in [0, 0.1) is 0 Å². The summed E-state index contributed by atoms with van der Waals surface area (Å²) in [6.07, 6.45) is 19.7. The fourth-order valence-electron chi connectivity index (χ4n) is 3.38. The topological polar surface area (TPSA) is 182 Å². The Morgan fingerprint density at radius 1 is 0.714 bits per heavy atom. The highest BCUT2D eigenvalue weighted by Crippen LogP contribution is 2.25. The second-order valence-electron chi connectivity index (χ2n) is 8.73. The van der Waals surface area contributed by atoms with Crippen LogP contribution in [0.3, 0.4) is 0 Å². The highest BCUT2D eigenvalue weighted by atomic mass is 31.2. The second kappa shape index (κ2) is 31.4. The molecule has 0 atom stereocenters. The van der Waals surface area contributed by atoms with E-state index in [4.69, 9.17) is 30.1 Å². The van der Waals surface area contributed by atoms with Gasteiger partial charge >= 0.3 is 13.8 Å². The lowest BCUT2D eigenvalue weighted by atomic mass is 10.1. The Hall–Kier alpha value is -0.580. The Labute approximate surface area is 214 Å². The monoisotopic (exact) mass is 528 g/mol. The minimum atomic E-state index is -4.64. The minimum absolute atomic E-state index is 0.278. The lowest BCUT2D eigenvalue weighted by Crippen LogP contribution is -2.35. The van der Waals surface area contributed by atoms with Crippen LogP contribution < -0.4 is 16.8 Å². The molecule has 0 saturated heterocycles. The van der Waals surface area contributed by atoms with E-state index in [-0.39, 0.29) is 6.54 Å². The van der Waals surface area contributed by atoms with Crippen LogP contribution in [0.15, 0.2) is 0 Å². The van der Waals surface area contributed by atoms with Crippen molar-refractivity contribution in [3.05, 3.63) is 0 Å². The molecule has 214 valence electrons. The van der Waals surface area contributed by atoms with Crippen molar-refractivity contribution in [2.75, 3.05) is 45.8 Å². The van der Waals surface area contributed by atoms with Gasteiger partial charge in [0.05, 0.1) is 6.54 Å². The molecule has 0 aliphatic heterocycles. The van der Waals surface area contributed by atoms with Crippen molar-refractivity contribution in [1.29, 1.82) is 0 Å². The third-order valence-corrected chi connectivity index (χ3v) is 5.26. The molecule has 11 heteroatoms. The fourth-order valence-corrected chi connectivity index (χ4v) is 3.38. The molecule has 0 aromatic rings. The standard InChI is InChI=1S/C22H49N3.C2H5NO2.H3O4P/c1-3-5-7-9-11-13-15-20-25(22-19-24-18-17-23)21-16-14-12-10-8-6-4-2;3-1-2(4)5;1-5(2,3)4/h24H,3-23H2,1-2H3;1,3H2,(H,4,5);(H3,1,2,3,4). The Morgan fingerprint density at radius 2 is 1.06 bits per heavy atom. The third-order valence-electron chi connectivity index (χ3n) is 5.26. The largest absolute Gasteiger partial charge is 0.480 e. The molecule has 0 aliphatic carbocycles. The average molecular weight is 529 g/mol. The summed E-state index contributed by atoms with van der Waals surface area (Å²) in [6, 6.07) is 0. The van der Waals surface area contributed by atoms with Crippen molar-refractivity contribution in [1.82, 2.24) is 10.2 Å². The molecule has 0 aromatic heterocycles. The van der Waals surface area contributed by atoms with E-state index in [1.807, 2.05) is 0 Å². The second-order valence-corrected chi connectivity index (χ2v) is 9.76. The maximum Gasteiger partial charge on any atom is 0.466 e. The number of hydrogen-bond donors (Lipinski definition) is 7. The van der Waals surface area contributed by atoms with E-state index in [1.165, 1.54) is 110 Å². The number of nitrogens with two attached hydrogens (primary N) is 2. The molecule has 0 saturated carbocycles. The van der Waals surface area contributed by atoms with Crippen molar-refractivity contribution >= 4 is 13.8 Å². The Morgan fingerprint density at radius 3 is 1.37 bits per heavy atom.